The number of rotatable bonds is 7. The van der Waals surface area contributed by atoms with Crippen molar-refractivity contribution < 1.29 is 4.74 Å². The summed E-state index contributed by atoms with van der Waals surface area (Å²) in [6.45, 7) is 8.17. The van der Waals surface area contributed by atoms with E-state index in [1.54, 1.807) is 13.2 Å². The lowest BCUT2D eigenvalue weighted by molar-refractivity contribution is 0.0110. The number of ether oxygens (including phenoxy) is 1. The van der Waals surface area contributed by atoms with E-state index in [1.807, 2.05) is 16.8 Å². The van der Waals surface area contributed by atoms with Crippen LogP contribution in [0.2, 0.25) is 5.15 Å². The number of piperidine rings is 1. The molecule has 0 amide bonds. The van der Waals surface area contributed by atoms with Crippen LogP contribution in [-0.4, -0.2) is 50.4 Å². The van der Waals surface area contributed by atoms with Crippen molar-refractivity contribution in [1.82, 2.24) is 24.6 Å². The highest BCUT2D eigenvalue weighted by Crippen LogP contribution is 2.45. The standard InChI is InChI=1S/C19H26ClN5O/c1-19(2,26-3)7-8-25-17(12-24-10-13-9-14(13)11-24)22-18(23-25)15-5-4-6-16(20)21-15/h4-6,13-14H,7-12H2,1-3H3. The normalized spacial score (nSPS) is 22.6. The van der Waals surface area contributed by atoms with Crippen molar-refractivity contribution in [2.75, 3.05) is 20.2 Å². The molecule has 140 valence electrons. The molecule has 1 saturated heterocycles. The molecule has 2 fully saturated rings. The highest BCUT2D eigenvalue weighted by Gasteiger charge is 2.45. The highest BCUT2D eigenvalue weighted by atomic mass is 35.5. The summed E-state index contributed by atoms with van der Waals surface area (Å²) in [4.78, 5) is 11.7. The van der Waals surface area contributed by atoms with Gasteiger partial charge in [0, 0.05) is 26.7 Å². The molecule has 2 atom stereocenters. The molecule has 4 rings (SSSR count). The van der Waals surface area contributed by atoms with Crippen molar-refractivity contribution in [2.24, 2.45) is 11.8 Å². The van der Waals surface area contributed by atoms with Gasteiger partial charge in [-0.25, -0.2) is 14.6 Å². The lowest BCUT2D eigenvalue weighted by Crippen LogP contribution is -2.27. The molecule has 0 radical (unpaired) electrons. The molecule has 2 aromatic heterocycles. The summed E-state index contributed by atoms with van der Waals surface area (Å²) in [5, 5.41) is 5.19. The quantitative estimate of drug-likeness (QED) is 0.695. The van der Waals surface area contributed by atoms with Crippen molar-refractivity contribution in [3.05, 3.63) is 29.2 Å². The van der Waals surface area contributed by atoms with Gasteiger partial charge in [0.05, 0.1) is 12.1 Å². The van der Waals surface area contributed by atoms with Gasteiger partial charge in [-0.15, -0.1) is 5.10 Å². The topological polar surface area (TPSA) is 56.1 Å². The lowest BCUT2D eigenvalue weighted by atomic mass is 10.1. The number of aromatic nitrogens is 4. The fourth-order valence-corrected chi connectivity index (χ4v) is 3.78. The molecule has 0 bridgehead atoms. The number of hydrogen-bond acceptors (Lipinski definition) is 5. The average Bonchev–Trinajstić information content (AvgIpc) is 3.03. The van der Waals surface area contributed by atoms with Crippen LogP contribution < -0.4 is 0 Å². The predicted molar refractivity (Wildman–Crippen MR) is 101 cm³/mol. The van der Waals surface area contributed by atoms with Crippen LogP contribution in [0.15, 0.2) is 18.2 Å². The maximum absolute atomic E-state index is 6.04. The maximum atomic E-state index is 6.04. The largest absolute Gasteiger partial charge is 0.379 e. The Morgan fingerprint density at radius 2 is 2.00 bits per heavy atom. The van der Waals surface area contributed by atoms with Crippen molar-refractivity contribution in [3.63, 3.8) is 0 Å². The summed E-state index contributed by atoms with van der Waals surface area (Å²) >= 11 is 6.04. The summed E-state index contributed by atoms with van der Waals surface area (Å²) < 4.78 is 7.57. The SMILES string of the molecule is COC(C)(C)CCn1nc(-c2cccc(Cl)n2)nc1CN1CC2CC2C1. The van der Waals surface area contributed by atoms with Crippen molar-refractivity contribution in [2.45, 2.75) is 45.4 Å². The van der Waals surface area contributed by atoms with Gasteiger partial charge in [0.25, 0.3) is 0 Å². The second-order valence-electron chi connectivity index (χ2n) is 8.08. The molecule has 0 N–H and O–H groups in total. The Hall–Kier alpha value is -1.50. The predicted octanol–water partition coefficient (Wildman–Crippen LogP) is 3.26. The van der Waals surface area contributed by atoms with Gasteiger partial charge in [-0.3, -0.25) is 4.90 Å². The van der Waals surface area contributed by atoms with E-state index in [2.05, 4.69) is 23.7 Å². The van der Waals surface area contributed by atoms with Crippen LogP contribution in [-0.2, 0) is 17.8 Å². The lowest BCUT2D eigenvalue weighted by Gasteiger charge is -2.23. The molecule has 6 nitrogen and oxygen atoms in total. The van der Waals surface area contributed by atoms with Crippen molar-refractivity contribution >= 4 is 11.6 Å². The Labute approximate surface area is 159 Å². The zero-order valence-electron chi connectivity index (χ0n) is 15.7. The van der Waals surface area contributed by atoms with Gasteiger partial charge in [0.2, 0.25) is 0 Å². The van der Waals surface area contributed by atoms with Gasteiger partial charge >= 0.3 is 0 Å². The van der Waals surface area contributed by atoms with E-state index in [0.29, 0.717) is 16.7 Å². The monoisotopic (exact) mass is 375 g/mol. The number of methoxy groups -OCH3 is 1. The second kappa shape index (κ2) is 6.91. The number of likely N-dealkylation sites (tertiary alicyclic amines) is 1. The third-order valence-corrected chi connectivity index (χ3v) is 5.80. The van der Waals surface area contributed by atoms with Crippen LogP contribution in [0.5, 0.6) is 0 Å². The molecule has 26 heavy (non-hydrogen) atoms. The Kier molecular flexibility index (Phi) is 4.75. The molecular formula is C19H26ClN5O. The minimum Gasteiger partial charge on any atom is -0.379 e. The van der Waals surface area contributed by atoms with Gasteiger partial charge in [0.15, 0.2) is 5.82 Å². The molecule has 2 unspecified atom stereocenters. The van der Waals surface area contributed by atoms with Gasteiger partial charge in [-0.05, 0) is 50.7 Å². The number of hydrogen-bond donors (Lipinski definition) is 0. The van der Waals surface area contributed by atoms with E-state index in [0.717, 1.165) is 37.2 Å². The van der Waals surface area contributed by atoms with Gasteiger partial charge < -0.3 is 4.74 Å². The van der Waals surface area contributed by atoms with Crippen molar-refractivity contribution in [1.29, 1.82) is 0 Å². The van der Waals surface area contributed by atoms with Crippen LogP contribution >= 0.6 is 11.6 Å². The van der Waals surface area contributed by atoms with E-state index in [4.69, 9.17) is 26.4 Å². The molecular weight excluding hydrogens is 350 g/mol. The first-order chi connectivity index (χ1) is 12.4. The van der Waals surface area contributed by atoms with Gasteiger partial charge in [-0.1, -0.05) is 17.7 Å². The smallest absolute Gasteiger partial charge is 0.200 e. The number of pyridine rings is 1. The van der Waals surface area contributed by atoms with E-state index in [1.165, 1.54) is 19.5 Å². The molecule has 2 aromatic rings. The number of nitrogens with zero attached hydrogens (tertiary/aromatic N) is 5. The Balaban J connectivity index is 1.56. The van der Waals surface area contributed by atoms with E-state index in [-0.39, 0.29) is 5.60 Å². The van der Waals surface area contributed by atoms with E-state index < -0.39 is 0 Å². The zero-order chi connectivity index (χ0) is 18.3. The number of fused-ring (bicyclic) bond motifs is 1. The van der Waals surface area contributed by atoms with Crippen LogP contribution in [0.3, 0.4) is 0 Å². The summed E-state index contributed by atoms with van der Waals surface area (Å²) in [5.41, 5.74) is 0.528. The average molecular weight is 376 g/mol. The number of halogens is 1. The van der Waals surface area contributed by atoms with Crippen LogP contribution in [0, 0.1) is 11.8 Å². The first kappa shape index (κ1) is 17.9. The molecule has 2 aliphatic rings. The molecule has 3 heterocycles. The Morgan fingerprint density at radius 3 is 2.69 bits per heavy atom. The molecule has 1 aliphatic heterocycles. The van der Waals surface area contributed by atoms with E-state index in [9.17, 15) is 0 Å². The highest BCUT2D eigenvalue weighted by molar-refractivity contribution is 6.29. The second-order valence-corrected chi connectivity index (χ2v) is 8.47. The number of aryl methyl sites for hydroxylation is 1. The Morgan fingerprint density at radius 1 is 1.23 bits per heavy atom. The minimum absolute atomic E-state index is 0.188. The maximum Gasteiger partial charge on any atom is 0.200 e. The summed E-state index contributed by atoms with van der Waals surface area (Å²) in [7, 11) is 1.75. The Bertz CT molecular complexity index is 780. The van der Waals surface area contributed by atoms with E-state index >= 15 is 0 Å². The summed E-state index contributed by atoms with van der Waals surface area (Å²) in [6.07, 6.45) is 2.27. The first-order valence-corrected chi connectivity index (χ1v) is 9.65. The first-order valence-electron chi connectivity index (χ1n) is 9.28. The molecule has 1 saturated carbocycles. The third-order valence-electron chi connectivity index (χ3n) is 5.59. The van der Waals surface area contributed by atoms with Crippen LogP contribution in [0.25, 0.3) is 11.5 Å². The summed E-state index contributed by atoms with van der Waals surface area (Å²) in [5.74, 6) is 3.46. The van der Waals surface area contributed by atoms with Gasteiger partial charge in [-0.2, -0.15) is 0 Å². The molecule has 0 spiro atoms. The fourth-order valence-electron chi connectivity index (χ4n) is 3.61. The van der Waals surface area contributed by atoms with Crippen LogP contribution in [0.1, 0.15) is 32.5 Å². The fraction of sp³-hybridized carbons (Fsp3) is 0.632. The molecule has 7 heteroatoms. The molecule has 0 aromatic carbocycles. The zero-order valence-corrected chi connectivity index (χ0v) is 16.4. The summed E-state index contributed by atoms with van der Waals surface area (Å²) in [6, 6.07) is 5.55. The van der Waals surface area contributed by atoms with Crippen molar-refractivity contribution in [3.8, 4) is 11.5 Å². The van der Waals surface area contributed by atoms with Crippen LogP contribution in [0.4, 0.5) is 0 Å². The van der Waals surface area contributed by atoms with Gasteiger partial charge in [0.1, 0.15) is 16.7 Å². The minimum atomic E-state index is -0.188. The molecule has 1 aliphatic carbocycles. The third kappa shape index (κ3) is 3.92.